The molecule has 0 spiro atoms. The number of hydrogen-bond acceptors (Lipinski definition) is 10. The summed E-state index contributed by atoms with van der Waals surface area (Å²) in [7, 11) is 0. The maximum Gasteiger partial charge on any atom is 0.410 e. The van der Waals surface area contributed by atoms with Crippen LogP contribution in [0.2, 0.25) is 0 Å². The van der Waals surface area contributed by atoms with E-state index in [1.165, 1.54) is 12.1 Å². The molecule has 0 saturated carbocycles. The lowest BCUT2D eigenvalue weighted by Gasteiger charge is -2.24. The highest BCUT2D eigenvalue weighted by Gasteiger charge is 2.36. The van der Waals surface area contributed by atoms with Crippen LogP contribution >= 0.6 is 0 Å². The number of carbonyl (C=O) groups excluding carboxylic acids is 4. The van der Waals surface area contributed by atoms with Crippen molar-refractivity contribution in [2.75, 3.05) is 39.5 Å². The van der Waals surface area contributed by atoms with Gasteiger partial charge in [-0.1, -0.05) is 26.0 Å². The SMILES string of the molecule is CC1(C)COc2cc(C(=O)COC(=O)N3CCCC3C(=O)O)ccc2-c2ccc(C(=O)COC(=O)N3CCCC3C(=O)O)cc2OC1. The van der Waals surface area contributed by atoms with Crippen LogP contribution in [-0.2, 0) is 19.1 Å². The van der Waals surface area contributed by atoms with E-state index < -0.39 is 66.4 Å². The summed E-state index contributed by atoms with van der Waals surface area (Å²) in [6.07, 6.45) is -0.0369. The smallest absolute Gasteiger partial charge is 0.410 e. The molecule has 0 radical (unpaired) electrons. The Morgan fingerprint density at radius 3 is 1.51 bits per heavy atom. The maximum absolute atomic E-state index is 13.0. The van der Waals surface area contributed by atoms with Crippen molar-refractivity contribution in [1.29, 1.82) is 0 Å². The molecular formula is C33H36N2O12. The molecular weight excluding hydrogens is 616 g/mol. The third-order valence-electron chi connectivity index (χ3n) is 8.33. The Kier molecular flexibility index (Phi) is 9.68. The fourth-order valence-corrected chi connectivity index (χ4v) is 5.73. The van der Waals surface area contributed by atoms with E-state index in [4.69, 9.17) is 18.9 Å². The standard InChI is InChI=1S/C33H36N2O12/c1-33(2)17-46-27-13-19(25(36)15-44-31(42)34-11-3-5-23(34)29(38)39)7-9-21(27)22-10-8-20(14-28(22)47-18-33)26(37)16-45-32(43)35-12-4-6-24(35)30(40)41/h7-10,13-14,23-24H,3-6,11-12,15-18H2,1-2H3,(H,38,39)(H,40,41). The van der Waals surface area contributed by atoms with Gasteiger partial charge in [-0.15, -0.1) is 0 Å². The number of Topliss-reactive ketones (excluding diaryl/α,β-unsaturated/α-hetero) is 2. The average molecular weight is 653 g/mol. The molecule has 14 heteroatoms. The van der Waals surface area contributed by atoms with Crippen LogP contribution in [0.15, 0.2) is 36.4 Å². The molecule has 2 fully saturated rings. The molecule has 250 valence electrons. The summed E-state index contributed by atoms with van der Waals surface area (Å²) in [4.78, 5) is 76.1. The fourth-order valence-electron chi connectivity index (χ4n) is 5.73. The molecule has 5 rings (SSSR count). The first-order valence-electron chi connectivity index (χ1n) is 15.3. The highest BCUT2D eigenvalue weighted by molar-refractivity contribution is 6.01. The first kappa shape index (κ1) is 33.2. The number of carboxylic acids is 2. The van der Waals surface area contributed by atoms with Crippen molar-refractivity contribution in [1.82, 2.24) is 9.80 Å². The molecule has 0 bridgehead atoms. The number of ketones is 2. The van der Waals surface area contributed by atoms with Crippen molar-refractivity contribution in [3.05, 3.63) is 47.5 Å². The molecule has 0 aliphatic carbocycles. The summed E-state index contributed by atoms with van der Waals surface area (Å²) >= 11 is 0. The lowest BCUT2D eigenvalue weighted by atomic mass is 9.96. The Labute approximate surface area is 270 Å². The summed E-state index contributed by atoms with van der Waals surface area (Å²) in [6, 6.07) is 7.51. The average Bonchev–Trinajstić information content (AvgIpc) is 3.75. The quantitative estimate of drug-likeness (QED) is 0.393. The predicted octanol–water partition coefficient (Wildman–Crippen LogP) is 3.89. The van der Waals surface area contributed by atoms with Crippen LogP contribution < -0.4 is 9.47 Å². The molecule has 3 heterocycles. The van der Waals surface area contributed by atoms with Crippen LogP contribution in [0.1, 0.15) is 60.2 Å². The third-order valence-corrected chi connectivity index (χ3v) is 8.33. The maximum atomic E-state index is 13.0. The van der Waals surface area contributed by atoms with Gasteiger partial charge in [-0.3, -0.25) is 19.4 Å². The minimum absolute atomic E-state index is 0.212. The van der Waals surface area contributed by atoms with Gasteiger partial charge in [0.1, 0.15) is 23.6 Å². The van der Waals surface area contributed by atoms with E-state index >= 15 is 0 Å². The molecule has 2 saturated heterocycles. The van der Waals surface area contributed by atoms with E-state index in [0.29, 0.717) is 48.3 Å². The summed E-state index contributed by atoms with van der Waals surface area (Å²) in [5.74, 6) is -2.55. The number of likely N-dealkylation sites (tertiary alicyclic amines) is 2. The van der Waals surface area contributed by atoms with Crippen LogP contribution in [-0.4, -0.2) is 107 Å². The van der Waals surface area contributed by atoms with Crippen molar-refractivity contribution in [3.8, 4) is 22.6 Å². The van der Waals surface area contributed by atoms with Gasteiger partial charge in [0.15, 0.2) is 13.2 Å². The first-order chi connectivity index (χ1) is 22.3. The Hall–Kier alpha value is -5.14. The molecule has 14 nitrogen and oxygen atoms in total. The molecule has 2 atom stereocenters. The van der Waals surface area contributed by atoms with E-state index in [2.05, 4.69) is 0 Å². The third kappa shape index (κ3) is 7.47. The van der Waals surface area contributed by atoms with Crippen molar-refractivity contribution in [2.24, 2.45) is 5.41 Å². The van der Waals surface area contributed by atoms with Gasteiger partial charge < -0.3 is 29.2 Å². The number of carbonyl (C=O) groups is 6. The molecule has 3 aliphatic heterocycles. The largest absolute Gasteiger partial charge is 0.492 e. The second-order valence-corrected chi connectivity index (χ2v) is 12.5. The Balaban J connectivity index is 1.32. The Morgan fingerprint density at radius 1 is 0.723 bits per heavy atom. The number of ether oxygens (including phenoxy) is 4. The number of hydrogen-bond donors (Lipinski definition) is 2. The van der Waals surface area contributed by atoms with Crippen LogP contribution in [0.25, 0.3) is 11.1 Å². The normalized spacial score (nSPS) is 19.9. The lowest BCUT2D eigenvalue weighted by Crippen LogP contribution is -2.41. The second kappa shape index (κ2) is 13.7. The molecule has 47 heavy (non-hydrogen) atoms. The molecule has 2 unspecified atom stereocenters. The lowest BCUT2D eigenvalue weighted by molar-refractivity contribution is -0.142. The zero-order valence-corrected chi connectivity index (χ0v) is 26.1. The second-order valence-electron chi connectivity index (χ2n) is 12.5. The summed E-state index contributed by atoms with van der Waals surface area (Å²) in [5.41, 5.74) is 1.09. The predicted molar refractivity (Wildman–Crippen MR) is 163 cm³/mol. The van der Waals surface area contributed by atoms with Crippen LogP contribution in [0.5, 0.6) is 11.5 Å². The zero-order chi connectivity index (χ0) is 33.9. The number of amides is 2. The summed E-state index contributed by atoms with van der Waals surface area (Å²) < 4.78 is 22.6. The van der Waals surface area contributed by atoms with Crippen LogP contribution in [0.3, 0.4) is 0 Å². The van der Waals surface area contributed by atoms with Crippen LogP contribution in [0.4, 0.5) is 9.59 Å². The van der Waals surface area contributed by atoms with Gasteiger partial charge in [-0.25, -0.2) is 19.2 Å². The number of rotatable bonds is 8. The van der Waals surface area contributed by atoms with E-state index in [-0.39, 0.29) is 37.4 Å². The van der Waals surface area contributed by atoms with Crippen molar-refractivity contribution < 1.29 is 57.9 Å². The van der Waals surface area contributed by atoms with Gasteiger partial charge in [0, 0.05) is 40.8 Å². The van der Waals surface area contributed by atoms with E-state index in [9.17, 15) is 39.0 Å². The van der Waals surface area contributed by atoms with Gasteiger partial charge in [0.05, 0.1) is 13.2 Å². The fraction of sp³-hybridized carbons (Fsp3) is 0.455. The summed E-state index contributed by atoms with van der Waals surface area (Å²) in [6.45, 7) is 3.59. The number of fused-ring (bicyclic) bond motifs is 3. The number of carboxylic acid groups (broad SMARTS) is 2. The van der Waals surface area contributed by atoms with Gasteiger partial charge in [-0.05, 0) is 49.9 Å². The van der Waals surface area contributed by atoms with Gasteiger partial charge in [0.25, 0.3) is 0 Å². The van der Waals surface area contributed by atoms with E-state index in [1.807, 2.05) is 13.8 Å². The van der Waals surface area contributed by atoms with Gasteiger partial charge in [0.2, 0.25) is 11.6 Å². The van der Waals surface area contributed by atoms with E-state index in [0.717, 1.165) is 9.80 Å². The number of benzene rings is 2. The minimum Gasteiger partial charge on any atom is -0.492 e. The monoisotopic (exact) mass is 652 g/mol. The topological polar surface area (TPSA) is 186 Å². The van der Waals surface area contributed by atoms with Gasteiger partial charge >= 0.3 is 24.1 Å². The van der Waals surface area contributed by atoms with Crippen LogP contribution in [0, 0.1) is 5.41 Å². The van der Waals surface area contributed by atoms with Crippen molar-refractivity contribution >= 4 is 35.7 Å². The molecule has 2 aromatic rings. The zero-order valence-electron chi connectivity index (χ0n) is 26.1. The summed E-state index contributed by atoms with van der Waals surface area (Å²) in [5, 5.41) is 18.6. The molecule has 2 aromatic carbocycles. The molecule has 2 amide bonds. The first-order valence-corrected chi connectivity index (χ1v) is 15.3. The number of nitrogens with zero attached hydrogens (tertiary/aromatic N) is 2. The minimum atomic E-state index is -1.12. The number of aliphatic carboxylic acids is 2. The Bertz CT molecular complexity index is 1490. The van der Waals surface area contributed by atoms with E-state index in [1.54, 1.807) is 24.3 Å². The molecule has 0 aromatic heterocycles. The van der Waals surface area contributed by atoms with Crippen molar-refractivity contribution in [2.45, 2.75) is 51.6 Å². The Morgan fingerprint density at radius 2 is 1.13 bits per heavy atom. The highest BCUT2D eigenvalue weighted by atomic mass is 16.6. The van der Waals surface area contributed by atoms with Gasteiger partial charge in [-0.2, -0.15) is 0 Å². The molecule has 2 N–H and O–H groups in total. The van der Waals surface area contributed by atoms with Crippen molar-refractivity contribution in [3.63, 3.8) is 0 Å². The highest BCUT2D eigenvalue weighted by Crippen LogP contribution is 2.40. The molecule has 3 aliphatic rings.